The van der Waals surface area contributed by atoms with E-state index in [-0.39, 0.29) is 11.5 Å². The van der Waals surface area contributed by atoms with Crippen LogP contribution in [0.5, 0.6) is 0 Å². The predicted octanol–water partition coefficient (Wildman–Crippen LogP) is 2.60. The maximum atomic E-state index is 12.2. The monoisotopic (exact) mass is 259 g/mol. The Morgan fingerprint density at radius 2 is 2.11 bits per heavy atom. The molecule has 1 saturated carbocycles. The molecule has 19 heavy (non-hydrogen) atoms. The van der Waals surface area contributed by atoms with E-state index in [1.165, 1.54) is 5.56 Å². The second kappa shape index (κ2) is 4.97. The van der Waals surface area contributed by atoms with Crippen molar-refractivity contribution in [3.63, 3.8) is 0 Å². The lowest BCUT2D eigenvalue weighted by Crippen LogP contribution is -2.35. The molecule has 2 fully saturated rings. The Balaban J connectivity index is 1.48. The molecule has 1 aromatic rings. The van der Waals surface area contributed by atoms with Crippen LogP contribution in [-0.4, -0.2) is 30.0 Å². The normalized spacial score (nSPS) is 24.5. The number of amides is 1. The average Bonchev–Trinajstić information content (AvgIpc) is 3.03. The number of hydrogen-bond acceptors (Lipinski definition) is 2. The lowest BCUT2D eigenvalue weighted by atomic mass is 10.1. The molecule has 0 bridgehead atoms. The number of rotatable bonds is 4. The van der Waals surface area contributed by atoms with Crippen LogP contribution in [0.3, 0.4) is 0 Å². The van der Waals surface area contributed by atoms with Gasteiger partial charge in [-0.3, -0.25) is 4.79 Å². The van der Waals surface area contributed by atoms with Gasteiger partial charge in [-0.25, -0.2) is 0 Å². The van der Waals surface area contributed by atoms with Gasteiger partial charge in [0.2, 0.25) is 5.91 Å². The van der Waals surface area contributed by atoms with Gasteiger partial charge >= 0.3 is 0 Å². The van der Waals surface area contributed by atoms with E-state index in [1.54, 1.807) is 0 Å². The number of hydrogen-bond donors (Lipinski definition) is 0. The van der Waals surface area contributed by atoms with Gasteiger partial charge in [0, 0.05) is 18.5 Å². The SMILES string of the molecule is CC1(C(=O)N2CC[C@H](OCc3ccccc3)C2)CC1. The van der Waals surface area contributed by atoms with Crippen LogP contribution in [0.25, 0.3) is 0 Å². The third-order valence-electron chi connectivity index (χ3n) is 4.28. The van der Waals surface area contributed by atoms with Crippen molar-refractivity contribution in [2.45, 2.75) is 38.9 Å². The summed E-state index contributed by atoms with van der Waals surface area (Å²) in [6.07, 6.45) is 3.27. The van der Waals surface area contributed by atoms with Crippen LogP contribution in [0, 0.1) is 5.41 Å². The van der Waals surface area contributed by atoms with E-state index in [0.717, 1.165) is 32.4 Å². The molecule has 102 valence electrons. The minimum atomic E-state index is -0.0473. The van der Waals surface area contributed by atoms with Crippen LogP contribution < -0.4 is 0 Å². The lowest BCUT2D eigenvalue weighted by molar-refractivity contribution is -0.135. The smallest absolute Gasteiger partial charge is 0.228 e. The fraction of sp³-hybridized carbons (Fsp3) is 0.562. The van der Waals surface area contributed by atoms with Gasteiger partial charge in [-0.05, 0) is 24.8 Å². The van der Waals surface area contributed by atoms with Gasteiger partial charge in [-0.1, -0.05) is 37.3 Å². The summed E-state index contributed by atoms with van der Waals surface area (Å²) in [6, 6.07) is 10.2. The van der Waals surface area contributed by atoms with Crippen LogP contribution in [0.1, 0.15) is 31.7 Å². The molecule has 0 aromatic heterocycles. The first-order chi connectivity index (χ1) is 9.17. The number of likely N-dealkylation sites (tertiary alicyclic amines) is 1. The zero-order valence-corrected chi connectivity index (χ0v) is 11.5. The van der Waals surface area contributed by atoms with Gasteiger partial charge in [0.05, 0.1) is 12.7 Å². The Bertz CT molecular complexity index is 453. The third-order valence-corrected chi connectivity index (χ3v) is 4.28. The van der Waals surface area contributed by atoms with Gasteiger partial charge < -0.3 is 9.64 Å². The maximum Gasteiger partial charge on any atom is 0.228 e. The van der Waals surface area contributed by atoms with Crippen LogP contribution in [0.15, 0.2) is 30.3 Å². The molecule has 0 unspecified atom stereocenters. The zero-order chi connectivity index (χ0) is 13.3. The molecule has 1 amide bonds. The van der Waals surface area contributed by atoms with Crippen molar-refractivity contribution in [3.8, 4) is 0 Å². The van der Waals surface area contributed by atoms with Crippen LogP contribution in [0.2, 0.25) is 0 Å². The summed E-state index contributed by atoms with van der Waals surface area (Å²) in [5, 5.41) is 0. The molecule has 1 saturated heterocycles. The van der Waals surface area contributed by atoms with E-state index in [9.17, 15) is 4.79 Å². The highest BCUT2D eigenvalue weighted by molar-refractivity contribution is 5.85. The standard InChI is InChI=1S/C16H21NO2/c1-16(8-9-16)15(18)17-10-7-14(11-17)19-12-13-5-3-2-4-6-13/h2-6,14H,7-12H2,1H3/t14-/m0/s1. The van der Waals surface area contributed by atoms with E-state index < -0.39 is 0 Å². The van der Waals surface area contributed by atoms with Crippen LogP contribution in [-0.2, 0) is 16.1 Å². The summed E-state index contributed by atoms with van der Waals surface area (Å²) in [7, 11) is 0. The first kappa shape index (κ1) is 12.7. The molecule has 1 aliphatic carbocycles. The molecule has 1 aliphatic heterocycles. The number of nitrogens with zero attached hydrogens (tertiary/aromatic N) is 1. The third kappa shape index (κ3) is 2.81. The van der Waals surface area contributed by atoms with Crippen LogP contribution in [0.4, 0.5) is 0 Å². The van der Waals surface area contributed by atoms with Crippen molar-refractivity contribution >= 4 is 5.91 Å². The summed E-state index contributed by atoms with van der Waals surface area (Å²) < 4.78 is 5.91. The Morgan fingerprint density at radius 1 is 1.37 bits per heavy atom. The molecule has 0 radical (unpaired) electrons. The van der Waals surface area contributed by atoms with Gasteiger partial charge in [-0.2, -0.15) is 0 Å². The molecule has 0 N–H and O–H groups in total. The van der Waals surface area contributed by atoms with Crippen LogP contribution >= 0.6 is 0 Å². The maximum absolute atomic E-state index is 12.2. The number of carbonyl (C=O) groups is 1. The van der Waals surface area contributed by atoms with Crippen molar-refractivity contribution < 1.29 is 9.53 Å². The molecule has 3 rings (SSSR count). The summed E-state index contributed by atoms with van der Waals surface area (Å²) in [6.45, 7) is 4.34. The van der Waals surface area contributed by atoms with Crippen molar-refractivity contribution in [2.24, 2.45) is 5.41 Å². The Morgan fingerprint density at radius 3 is 2.79 bits per heavy atom. The van der Waals surface area contributed by atoms with Crippen molar-refractivity contribution in [1.82, 2.24) is 4.90 Å². The van der Waals surface area contributed by atoms with Gasteiger partial charge in [-0.15, -0.1) is 0 Å². The number of benzene rings is 1. The van der Waals surface area contributed by atoms with E-state index in [0.29, 0.717) is 12.5 Å². The highest BCUT2D eigenvalue weighted by atomic mass is 16.5. The number of carbonyl (C=O) groups excluding carboxylic acids is 1. The molecular weight excluding hydrogens is 238 g/mol. The molecule has 1 aromatic carbocycles. The highest BCUT2D eigenvalue weighted by Gasteiger charge is 2.48. The highest BCUT2D eigenvalue weighted by Crippen LogP contribution is 2.47. The van der Waals surface area contributed by atoms with E-state index in [2.05, 4.69) is 19.1 Å². The second-order valence-corrected chi connectivity index (χ2v) is 6.02. The van der Waals surface area contributed by atoms with E-state index >= 15 is 0 Å². The molecule has 1 heterocycles. The van der Waals surface area contributed by atoms with Gasteiger partial charge in [0.1, 0.15) is 0 Å². The molecule has 1 atom stereocenters. The largest absolute Gasteiger partial charge is 0.372 e. The Labute approximate surface area is 114 Å². The first-order valence-corrected chi connectivity index (χ1v) is 7.12. The van der Waals surface area contributed by atoms with Crippen molar-refractivity contribution in [2.75, 3.05) is 13.1 Å². The Hall–Kier alpha value is -1.35. The fourth-order valence-corrected chi connectivity index (χ4v) is 2.62. The molecule has 3 nitrogen and oxygen atoms in total. The Kier molecular flexibility index (Phi) is 3.31. The molecule has 2 aliphatic rings. The summed E-state index contributed by atoms with van der Waals surface area (Å²) >= 11 is 0. The van der Waals surface area contributed by atoms with E-state index in [4.69, 9.17) is 4.74 Å². The minimum absolute atomic E-state index is 0.0473. The van der Waals surface area contributed by atoms with Gasteiger partial charge in [0.25, 0.3) is 0 Å². The molecule has 0 spiro atoms. The lowest BCUT2D eigenvalue weighted by Gasteiger charge is -2.20. The summed E-state index contributed by atoms with van der Waals surface area (Å²) in [4.78, 5) is 14.2. The summed E-state index contributed by atoms with van der Waals surface area (Å²) in [5.41, 5.74) is 1.15. The summed E-state index contributed by atoms with van der Waals surface area (Å²) in [5.74, 6) is 0.332. The van der Waals surface area contributed by atoms with E-state index in [1.807, 2.05) is 23.1 Å². The fourth-order valence-electron chi connectivity index (χ4n) is 2.62. The average molecular weight is 259 g/mol. The molecular formula is C16H21NO2. The minimum Gasteiger partial charge on any atom is -0.372 e. The van der Waals surface area contributed by atoms with Gasteiger partial charge in [0.15, 0.2) is 0 Å². The first-order valence-electron chi connectivity index (χ1n) is 7.12. The van der Waals surface area contributed by atoms with Crippen molar-refractivity contribution in [3.05, 3.63) is 35.9 Å². The topological polar surface area (TPSA) is 29.5 Å². The molecule has 3 heteroatoms. The van der Waals surface area contributed by atoms with Crippen molar-refractivity contribution in [1.29, 1.82) is 0 Å². The predicted molar refractivity (Wildman–Crippen MR) is 73.6 cm³/mol. The quantitative estimate of drug-likeness (QED) is 0.832. The zero-order valence-electron chi connectivity index (χ0n) is 11.5. The number of ether oxygens (including phenoxy) is 1. The second-order valence-electron chi connectivity index (χ2n) is 6.02.